The van der Waals surface area contributed by atoms with Crippen molar-refractivity contribution >= 4 is 11.3 Å². The van der Waals surface area contributed by atoms with Gasteiger partial charge in [0, 0.05) is 23.0 Å². The van der Waals surface area contributed by atoms with E-state index in [9.17, 15) is 0 Å². The SMILES string of the molecule is CCCCCOCCOCCOc1c(C)sc(C)c1OCCOCCOCCCC. The topological polar surface area (TPSA) is 55.4 Å². The van der Waals surface area contributed by atoms with Gasteiger partial charge in [0.1, 0.15) is 13.2 Å². The lowest BCUT2D eigenvalue weighted by Crippen LogP contribution is -2.13. The van der Waals surface area contributed by atoms with E-state index in [0.717, 1.165) is 53.7 Å². The van der Waals surface area contributed by atoms with E-state index in [1.54, 1.807) is 11.3 Å². The molecule has 7 heteroatoms. The molecule has 176 valence electrons. The number of thiophene rings is 1. The molecule has 0 aliphatic heterocycles. The summed E-state index contributed by atoms with van der Waals surface area (Å²) in [7, 11) is 0. The highest BCUT2D eigenvalue weighted by Gasteiger charge is 2.16. The van der Waals surface area contributed by atoms with Gasteiger partial charge in [-0.2, -0.15) is 0 Å². The Hall–Kier alpha value is -0.860. The molecule has 0 aliphatic carbocycles. The zero-order valence-electron chi connectivity index (χ0n) is 19.5. The van der Waals surface area contributed by atoms with E-state index in [4.69, 9.17) is 28.4 Å². The first-order chi connectivity index (χ1) is 14.7. The molecule has 1 rings (SSSR count). The van der Waals surface area contributed by atoms with Crippen LogP contribution in [0.3, 0.4) is 0 Å². The monoisotopic (exact) mass is 446 g/mol. The van der Waals surface area contributed by atoms with Crippen LogP contribution in [0.25, 0.3) is 0 Å². The van der Waals surface area contributed by atoms with Crippen molar-refractivity contribution in [3.63, 3.8) is 0 Å². The number of aryl methyl sites for hydroxylation is 2. The first kappa shape index (κ1) is 27.2. The second-order valence-corrected chi connectivity index (χ2v) is 8.51. The van der Waals surface area contributed by atoms with E-state index in [1.807, 2.05) is 0 Å². The average Bonchev–Trinajstić information content (AvgIpc) is 3.00. The van der Waals surface area contributed by atoms with Gasteiger partial charge in [0.2, 0.25) is 0 Å². The Morgan fingerprint density at radius 1 is 0.500 bits per heavy atom. The minimum atomic E-state index is 0.494. The van der Waals surface area contributed by atoms with Gasteiger partial charge in [-0.3, -0.25) is 0 Å². The minimum Gasteiger partial charge on any atom is -0.486 e. The summed E-state index contributed by atoms with van der Waals surface area (Å²) >= 11 is 1.68. The molecule has 30 heavy (non-hydrogen) atoms. The third-order valence-corrected chi connectivity index (χ3v) is 5.36. The lowest BCUT2D eigenvalue weighted by molar-refractivity contribution is 0.0323. The molecular weight excluding hydrogens is 404 g/mol. The summed E-state index contributed by atoms with van der Waals surface area (Å²) in [6.45, 7) is 14.6. The molecule has 0 aliphatic rings. The van der Waals surface area contributed by atoms with E-state index in [2.05, 4.69) is 27.7 Å². The molecule has 0 amide bonds. The summed E-state index contributed by atoms with van der Waals surface area (Å²) in [5.41, 5.74) is 0. The van der Waals surface area contributed by atoms with Crippen molar-refractivity contribution in [1.82, 2.24) is 0 Å². The van der Waals surface area contributed by atoms with Crippen LogP contribution in [0.4, 0.5) is 0 Å². The van der Waals surface area contributed by atoms with Crippen molar-refractivity contribution in [2.75, 3.05) is 66.1 Å². The summed E-state index contributed by atoms with van der Waals surface area (Å²) in [6, 6.07) is 0. The van der Waals surface area contributed by atoms with Gasteiger partial charge in [-0.15, -0.1) is 11.3 Å². The van der Waals surface area contributed by atoms with Crippen LogP contribution in [-0.2, 0) is 18.9 Å². The van der Waals surface area contributed by atoms with Crippen LogP contribution in [0.1, 0.15) is 55.7 Å². The highest BCUT2D eigenvalue weighted by molar-refractivity contribution is 7.12. The van der Waals surface area contributed by atoms with Gasteiger partial charge < -0.3 is 28.4 Å². The molecule has 0 atom stereocenters. The van der Waals surface area contributed by atoms with Gasteiger partial charge in [-0.1, -0.05) is 33.1 Å². The van der Waals surface area contributed by atoms with E-state index in [0.29, 0.717) is 52.9 Å². The lowest BCUT2D eigenvalue weighted by Gasteiger charge is -2.12. The van der Waals surface area contributed by atoms with Crippen LogP contribution in [-0.4, -0.2) is 66.1 Å². The molecule has 0 N–H and O–H groups in total. The Morgan fingerprint density at radius 2 is 0.900 bits per heavy atom. The van der Waals surface area contributed by atoms with Gasteiger partial charge in [-0.25, -0.2) is 0 Å². The largest absolute Gasteiger partial charge is 0.486 e. The first-order valence-corrected chi connectivity index (χ1v) is 12.2. The van der Waals surface area contributed by atoms with E-state index >= 15 is 0 Å². The second-order valence-electron chi connectivity index (χ2n) is 7.08. The molecule has 1 aromatic heterocycles. The molecule has 0 saturated carbocycles. The first-order valence-electron chi connectivity index (χ1n) is 11.4. The van der Waals surface area contributed by atoms with Crippen molar-refractivity contribution in [3.05, 3.63) is 9.75 Å². The Morgan fingerprint density at radius 3 is 1.37 bits per heavy atom. The van der Waals surface area contributed by atoms with Crippen molar-refractivity contribution in [1.29, 1.82) is 0 Å². The van der Waals surface area contributed by atoms with Gasteiger partial charge in [0.15, 0.2) is 11.5 Å². The fourth-order valence-electron chi connectivity index (χ4n) is 2.73. The van der Waals surface area contributed by atoms with Crippen LogP contribution in [0.2, 0.25) is 0 Å². The zero-order chi connectivity index (χ0) is 21.9. The van der Waals surface area contributed by atoms with Crippen LogP contribution in [0, 0.1) is 13.8 Å². The normalized spacial score (nSPS) is 11.2. The maximum atomic E-state index is 5.94. The summed E-state index contributed by atoms with van der Waals surface area (Å²) < 4.78 is 34.0. The van der Waals surface area contributed by atoms with E-state index in [-0.39, 0.29) is 0 Å². The molecule has 6 nitrogen and oxygen atoms in total. The molecular formula is C23H42O6S. The highest BCUT2D eigenvalue weighted by Crippen LogP contribution is 2.41. The van der Waals surface area contributed by atoms with Gasteiger partial charge in [0.25, 0.3) is 0 Å². The number of ether oxygens (including phenoxy) is 6. The van der Waals surface area contributed by atoms with E-state index in [1.165, 1.54) is 12.8 Å². The Kier molecular flexibility index (Phi) is 17.1. The smallest absolute Gasteiger partial charge is 0.175 e. The van der Waals surface area contributed by atoms with Crippen LogP contribution in [0.5, 0.6) is 11.5 Å². The van der Waals surface area contributed by atoms with Crippen molar-refractivity contribution in [2.45, 2.75) is 59.8 Å². The average molecular weight is 447 g/mol. The maximum absolute atomic E-state index is 5.94. The molecule has 0 aromatic carbocycles. The highest BCUT2D eigenvalue weighted by atomic mass is 32.1. The maximum Gasteiger partial charge on any atom is 0.175 e. The quantitative estimate of drug-likeness (QED) is 0.243. The number of unbranched alkanes of at least 4 members (excludes halogenated alkanes) is 3. The van der Waals surface area contributed by atoms with Gasteiger partial charge >= 0.3 is 0 Å². The second kappa shape index (κ2) is 18.9. The minimum absolute atomic E-state index is 0.494. The van der Waals surface area contributed by atoms with Crippen LogP contribution >= 0.6 is 11.3 Å². The third kappa shape index (κ3) is 12.7. The molecule has 0 fully saturated rings. The Balaban J connectivity index is 2.14. The van der Waals surface area contributed by atoms with Crippen molar-refractivity contribution in [3.8, 4) is 11.5 Å². The Labute approximate surface area is 187 Å². The fourth-order valence-corrected chi connectivity index (χ4v) is 3.67. The molecule has 1 heterocycles. The third-order valence-electron chi connectivity index (χ3n) is 4.38. The van der Waals surface area contributed by atoms with E-state index < -0.39 is 0 Å². The summed E-state index contributed by atoms with van der Waals surface area (Å²) in [5, 5.41) is 0. The summed E-state index contributed by atoms with van der Waals surface area (Å²) in [4.78, 5) is 2.23. The number of hydrogen-bond acceptors (Lipinski definition) is 7. The number of rotatable bonds is 21. The molecule has 0 spiro atoms. The molecule has 0 unspecified atom stereocenters. The summed E-state index contributed by atoms with van der Waals surface area (Å²) in [6.07, 6.45) is 5.80. The number of hydrogen-bond donors (Lipinski definition) is 0. The lowest BCUT2D eigenvalue weighted by atomic mass is 10.3. The molecule has 0 radical (unpaired) electrons. The van der Waals surface area contributed by atoms with Crippen molar-refractivity contribution < 1.29 is 28.4 Å². The van der Waals surface area contributed by atoms with Gasteiger partial charge in [0.05, 0.1) is 39.6 Å². The standard InChI is InChI=1S/C23H42O6S/c1-5-7-9-11-25-13-15-27-17-19-29-23-21(4)30-20(3)22(23)28-18-16-26-14-12-24-10-8-6-2/h5-19H2,1-4H3. The molecule has 0 bridgehead atoms. The van der Waals surface area contributed by atoms with Gasteiger partial charge in [-0.05, 0) is 26.7 Å². The zero-order valence-corrected chi connectivity index (χ0v) is 20.3. The predicted octanol–water partition coefficient (Wildman–Crippen LogP) is 5.18. The summed E-state index contributed by atoms with van der Waals surface area (Å²) in [5.74, 6) is 1.64. The van der Waals surface area contributed by atoms with Crippen LogP contribution in [0.15, 0.2) is 0 Å². The Bertz CT molecular complexity index is 520. The van der Waals surface area contributed by atoms with Crippen LogP contribution < -0.4 is 9.47 Å². The fraction of sp³-hybridized carbons (Fsp3) is 0.826. The molecule has 0 saturated heterocycles. The molecule has 1 aromatic rings. The van der Waals surface area contributed by atoms with Crippen molar-refractivity contribution in [2.24, 2.45) is 0 Å². The predicted molar refractivity (Wildman–Crippen MR) is 122 cm³/mol.